The highest BCUT2D eigenvalue weighted by Crippen LogP contribution is 2.25. The molecular weight excluding hydrogens is 248 g/mol. The highest BCUT2D eigenvalue weighted by atomic mass is 32.1. The molecule has 1 aromatic heterocycles. The summed E-state index contributed by atoms with van der Waals surface area (Å²) in [5, 5.41) is 0.541. The Balaban J connectivity index is 2.14. The van der Waals surface area contributed by atoms with Gasteiger partial charge in [-0.3, -0.25) is 4.79 Å². The van der Waals surface area contributed by atoms with Crippen molar-refractivity contribution in [3.63, 3.8) is 0 Å². The molecule has 2 N–H and O–H groups in total. The number of hydrogen-bond acceptors (Lipinski definition) is 5. The van der Waals surface area contributed by atoms with Crippen LogP contribution in [0.25, 0.3) is 10.2 Å². The van der Waals surface area contributed by atoms with Gasteiger partial charge in [0.1, 0.15) is 5.60 Å². The summed E-state index contributed by atoms with van der Waals surface area (Å²) in [7, 11) is 0. The summed E-state index contributed by atoms with van der Waals surface area (Å²) in [6.45, 7) is 5.58. The van der Waals surface area contributed by atoms with Crippen molar-refractivity contribution < 1.29 is 9.53 Å². The fraction of sp³-hybridized carbons (Fsp3) is 0.385. The number of benzene rings is 1. The standard InChI is InChI=1S/C13H16N2O2S/c1-13(2,3)17-11(16)7-8-4-5-9-10(6-8)18-12(14)15-9/h4-6H,7H2,1-3H3,(H2,14,15). The molecule has 5 heteroatoms. The second kappa shape index (κ2) is 4.57. The predicted molar refractivity (Wildman–Crippen MR) is 73.6 cm³/mol. The van der Waals surface area contributed by atoms with E-state index in [9.17, 15) is 4.79 Å². The smallest absolute Gasteiger partial charge is 0.310 e. The average molecular weight is 264 g/mol. The summed E-state index contributed by atoms with van der Waals surface area (Å²) in [5.74, 6) is -0.223. The van der Waals surface area contributed by atoms with Crippen LogP contribution in [-0.4, -0.2) is 16.6 Å². The number of nitrogens with two attached hydrogens (primary N) is 1. The van der Waals surface area contributed by atoms with Crippen LogP contribution in [0.2, 0.25) is 0 Å². The van der Waals surface area contributed by atoms with Gasteiger partial charge >= 0.3 is 5.97 Å². The molecule has 0 aliphatic rings. The van der Waals surface area contributed by atoms with Crippen molar-refractivity contribution in [1.29, 1.82) is 0 Å². The van der Waals surface area contributed by atoms with Crippen molar-refractivity contribution in [2.24, 2.45) is 0 Å². The monoisotopic (exact) mass is 264 g/mol. The third-order valence-corrected chi connectivity index (χ3v) is 3.09. The van der Waals surface area contributed by atoms with Crippen LogP contribution in [0.15, 0.2) is 18.2 Å². The average Bonchev–Trinajstić information content (AvgIpc) is 2.53. The van der Waals surface area contributed by atoms with Gasteiger partial charge in [-0.05, 0) is 38.5 Å². The summed E-state index contributed by atoms with van der Waals surface area (Å²) < 4.78 is 6.28. The Morgan fingerprint density at radius 3 is 2.83 bits per heavy atom. The molecule has 1 heterocycles. The van der Waals surface area contributed by atoms with Crippen LogP contribution < -0.4 is 5.73 Å². The SMILES string of the molecule is CC(C)(C)OC(=O)Cc1ccc2nc(N)sc2c1. The van der Waals surface area contributed by atoms with Gasteiger partial charge in [-0.1, -0.05) is 17.4 Å². The van der Waals surface area contributed by atoms with Crippen molar-refractivity contribution in [2.75, 3.05) is 5.73 Å². The van der Waals surface area contributed by atoms with Gasteiger partial charge in [-0.2, -0.15) is 0 Å². The summed E-state index contributed by atoms with van der Waals surface area (Å²) in [5.41, 5.74) is 6.98. The fourth-order valence-corrected chi connectivity index (χ4v) is 2.44. The first-order valence-electron chi connectivity index (χ1n) is 5.70. The zero-order valence-corrected chi connectivity index (χ0v) is 11.5. The normalized spacial score (nSPS) is 11.7. The number of rotatable bonds is 2. The molecule has 1 aromatic carbocycles. The van der Waals surface area contributed by atoms with Gasteiger partial charge in [0.15, 0.2) is 5.13 Å². The van der Waals surface area contributed by atoms with Crippen LogP contribution in [0, 0.1) is 0 Å². The first-order valence-corrected chi connectivity index (χ1v) is 6.52. The largest absolute Gasteiger partial charge is 0.460 e. The summed E-state index contributed by atoms with van der Waals surface area (Å²) in [6, 6.07) is 5.70. The number of nitrogens with zero attached hydrogens (tertiary/aromatic N) is 1. The molecule has 2 rings (SSSR count). The number of thiazole rings is 1. The molecule has 0 fully saturated rings. The lowest BCUT2D eigenvalue weighted by molar-refractivity contribution is -0.153. The molecule has 0 aliphatic carbocycles. The Labute approximate surface area is 110 Å². The van der Waals surface area contributed by atoms with E-state index in [1.54, 1.807) is 0 Å². The Bertz CT molecular complexity index is 584. The Morgan fingerprint density at radius 2 is 2.17 bits per heavy atom. The quantitative estimate of drug-likeness (QED) is 0.847. The summed E-state index contributed by atoms with van der Waals surface area (Å²) >= 11 is 1.42. The van der Waals surface area contributed by atoms with E-state index in [0.717, 1.165) is 15.8 Å². The number of fused-ring (bicyclic) bond motifs is 1. The third kappa shape index (κ3) is 3.20. The lowest BCUT2D eigenvalue weighted by atomic mass is 10.1. The lowest BCUT2D eigenvalue weighted by Gasteiger charge is -2.19. The van der Waals surface area contributed by atoms with Crippen LogP contribution >= 0.6 is 11.3 Å². The number of anilines is 1. The number of nitrogen functional groups attached to an aromatic ring is 1. The van der Waals surface area contributed by atoms with Crippen molar-refractivity contribution in [2.45, 2.75) is 32.8 Å². The molecule has 0 radical (unpaired) electrons. The second-order valence-electron chi connectivity index (χ2n) is 5.12. The van der Waals surface area contributed by atoms with Crippen LogP contribution in [-0.2, 0) is 16.0 Å². The van der Waals surface area contributed by atoms with Gasteiger partial charge in [0, 0.05) is 0 Å². The van der Waals surface area contributed by atoms with E-state index >= 15 is 0 Å². The number of aromatic nitrogens is 1. The summed E-state index contributed by atoms with van der Waals surface area (Å²) in [4.78, 5) is 15.9. The maximum atomic E-state index is 11.7. The van der Waals surface area contributed by atoms with Crippen LogP contribution in [0.4, 0.5) is 5.13 Å². The molecule has 0 aliphatic heterocycles. The Morgan fingerprint density at radius 1 is 1.44 bits per heavy atom. The maximum Gasteiger partial charge on any atom is 0.310 e. The van der Waals surface area contributed by atoms with E-state index in [1.165, 1.54) is 11.3 Å². The van der Waals surface area contributed by atoms with E-state index in [-0.39, 0.29) is 12.4 Å². The number of carbonyl (C=O) groups excluding carboxylic acids is 1. The topological polar surface area (TPSA) is 65.2 Å². The lowest BCUT2D eigenvalue weighted by Crippen LogP contribution is -2.24. The van der Waals surface area contributed by atoms with Gasteiger partial charge in [0.25, 0.3) is 0 Å². The highest BCUT2D eigenvalue weighted by Gasteiger charge is 2.16. The number of esters is 1. The Hall–Kier alpha value is -1.62. The van der Waals surface area contributed by atoms with Crippen molar-refractivity contribution in [1.82, 2.24) is 4.98 Å². The second-order valence-corrected chi connectivity index (χ2v) is 6.18. The van der Waals surface area contributed by atoms with Crippen molar-refractivity contribution >= 4 is 32.7 Å². The van der Waals surface area contributed by atoms with E-state index in [0.29, 0.717) is 5.13 Å². The van der Waals surface area contributed by atoms with Gasteiger partial charge < -0.3 is 10.5 Å². The maximum absolute atomic E-state index is 11.7. The van der Waals surface area contributed by atoms with E-state index < -0.39 is 5.60 Å². The fourth-order valence-electron chi connectivity index (χ4n) is 1.64. The van der Waals surface area contributed by atoms with Gasteiger partial charge in [-0.15, -0.1) is 0 Å². The minimum atomic E-state index is -0.448. The molecule has 0 unspecified atom stereocenters. The third-order valence-electron chi connectivity index (χ3n) is 2.24. The molecule has 0 saturated heterocycles. The molecule has 18 heavy (non-hydrogen) atoms. The molecule has 0 spiro atoms. The highest BCUT2D eigenvalue weighted by molar-refractivity contribution is 7.22. The molecule has 0 saturated carbocycles. The predicted octanol–water partition coefficient (Wildman–Crippen LogP) is 2.76. The number of hydrogen-bond donors (Lipinski definition) is 1. The molecule has 2 aromatic rings. The van der Waals surface area contributed by atoms with Crippen LogP contribution in [0.3, 0.4) is 0 Å². The minimum Gasteiger partial charge on any atom is -0.460 e. The van der Waals surface area contributed by atoms with Crippen molar-refractivity contribution in [3.05, 3.63) is 23.8 Å². The van der Waals surface area contributed by atoms with Gasteiger partial charge in [0.05, 0.1) is 16.6 Å². The first kappa shape index (κ1) is 12.8. The molecule has 4 nitrogen and oxygen atoms in total. The zero-order valence-electron chi connectivity index (χ0n) is 10.7. The molecule has 0 atom stereocenters. The molecule has 96 valence electrons. The van der Waals surface area contributed by atoms with E-state index in [1.807, 2.05) is 39.0 Å². The van der Waals surface area contributed by atoms with Gasteiger partial charge in [0.2, 0.25) is 0 Å². The number of carbonyl (C=O) groups is 1. The zero-order chi connectivity index (χ0) is 13.3. The Kier molecular flexibility index (Phi) is 3.26. The number of ether oxygens (including phenoxy) is 1. The van der Waals surface area contributed by atoms with Crippen LogP contribution in [0.1, 0.15) is 26.3 Å². The first-order chi connectivity index (χ1) is 8.33. The minimum absolute atomic E-state index is 0.223. The van der Waals surface area contributed by atoms with Crippen molar-refractivity contribution in [3.8, 4) is 0 Å². The van der Waals surface area contributed by atoms with Crippen LogP contribution in [0.5, 0.6) is 0 Å². The molecule has 0 amide bonds. The van der Waals surface area contributed by atoms with E-state index in [4.69, 9.17) is 10.5 Å². The summed E-state index contributed by atoms with van der Waals surface area (Å²) in [6.07, 6.45) is 0.269. The molecular formula is C13H16N2O2S. The van der Waals surface area contributed by atoms with E-state index in [2.05, 4.69) is 4.98 Å². The van der Waals surface area contributed by atoms with Gasteiger partial charge in [-0.25, -0.2) is 4.98 Å². The molecule has 0 bridgehead atoms.